The van der Waals surface area contributed by atoms with Crippen LogP contribution in [-0.2, 0) is 16.1 Å². The van der Waals surface area contributed by atoms with Crippen LogP contribution in [-0.4, -0.2) is 24.5 Å². The highest BCUT2D eigenvalue weighted by Gasteiger charge is 2.17. The summed E-state index contributed by atoms with van der Waals surface area (Å²) in [7, 11) is 0. The first kappa shape index (κ1) is 14.3. The van der Waals surface area contributed by atoms with Crippen LogP contribution in [0.3, 0.4) is 0 Å². The Bertz CT molecular complexity index is 682. The Labute approximate surface area is 132 Å². The van der Waals surface area contributed by atoms with Crippen molar-refractivity contribution in [2.24, 2.45) is 0 Å². The van der Waals surface area contributed by atoms with Crippen molar-refractivity contribution < 1.29 is 9.53 Å². The van der Waals surface area contributed by atoms with E-state index in [0.717, 1.165) is 39.7 Å². The molecule has 0 N–H and O–H groups in total. The van der Waals surface area contributed by atoms with E-state index in [4.69, 9.17) is 4.74 Å². The molecule has 1 aromatic carbocycles. The normalized spacial score (nSPS) is 14.7. The highest BCUT2D eigenvalue weighted by molar-refractivity contribution is 9.10. The number of aromatic nitrogens is 1. The van der Waals surface area contributed by atoms with Gasteiger partial charge >= 0.3 is 0 Å². The first-order valence-corrected chi connectivity index (χ1v) is 7.88. The van der Waals surface area contributed by atoms with Crippen molar-refractivity contribution in [3.63, 3.8) is 0 Å². The Morgan fingerprint density at radius 1 is 1.33 bits per heavy atom. The van der Waals surface area contributed by atoms with Crippen LogP contribution in [0.1, 0.15) is 24.1 Å². The predicted octanol–water partition coefficient (Wildman–Crippen LogP) is 3.58. The molecule has 0 spiro atoms. The van der Waals surface area contributed by atoms with Crippen molar-refractivity contribution in [2.75, 3.05) is 18.0 Å². The van der Waals surface area contributed by atoms with E-state index in [-0.39, 0.29) is 6.61 Å². The minimum Gasteiger partial charge on any atom is -0.463 e. The first-order valence-electron chi connectivity index (χ1n) is 7.09. The number of fused-ring (bicyclic) bond motifs is 1. The zero-order valence-corrected chi connectivity index (χ0v) is 13.5. The highest BCUT2D eigenvalue weighted by Crippen LogP contribution is 2.33. The minimum atomic E-state index is 0.259. The van der Waals surface area contributed by atoms with Crippen LogP contribution < -0.4 is 4.90 Å². The summed E-state index contributed by atoms with van der Waals surface area (Å²) >= 11 is 3.57. The van der Waals surface area contributed by atoms with E-state index >= 15 is 0 Å². The number of carbonyl (C=O) groups excluding carboxylic acids is 1. The Morgan fingerprint density at radius 3 is 2.81 bits per heavy atom. The number of hydrogen-bond acceptors (Lipinski definition) is 4. The van der Waals surface area contributed by atoms with Crippen molar-refractivity contribution in [3.05, 3.63) is 33.9 Å². The van der Waals surface area contributed by atoms with Crippen LogP contribution >= 0.6 is 15.9 Å². The molecule has 1 saturated heterocycles. The summed E-state index contributed by atoms with van der Waals surface area (Å²) in [6.07, 6.45) is 2.49. The van der Waals surface area contributed by atoms with Crippen LogP contribution in [0.15, 0.2) is 22.7 Å². The largest absolute Gasteiger partial charge is 0.463 e. The zero-order chi connectivity index (χ0) is 14.8. The number of benzene rings is 1. The van der Waals surface area contributed by atoms with Gasteiger partial charge in [0, 0.05) is 39.9 Å². The van der Waals surface area contributed by atoms with E-state index in [0.29, 0.717) is 6.47 Å². The number of anilines is 1. The van der Waals surface area contributed by atoms with E-state index in [1.807, 2.05) is 13.0 Å². The van der Waals surface area contributed by atoms with Crippen molar-refractivity contribution in [2.45, 2.75) is 26.4 Å². The second-order valence-electron chi connectivity index (χ2n) is 5.34. The quantitative estimate of drug-likeness (QED) is 0.792. The fraction of sp³-hybridized carbons (Fsp3) is 0.375. The molecule has 1 aliphatic rings. The molecule has 21 heavy (non-hydrogen) atoms. The number of nitrogens with zero attached hydrogens (tertiary/aromatic N) is 2. The summed E-state index contributed by atoms with van der Waals surface area (Å²) in [6, 6.07) is 6.23. The molecule has 1 fully saturated rings. The van der Waals surface area contributed by atoms with Gasteiger partial charge in [0.1, 0.15) is 6.61 Å². The molecule has 5 heteroatoms. The SMILES string of the molecule is Cc1cc(N2CCCC2)c2cc(Br)c(COC=O)cc2n1. The highest BCUT2D eigenvalue weighted by atomic mass is 79.9. The lowest BCUT2D eigenvalue weighted by molar-refractivity contribution is -0.129. The maximum atomic E-state index is 10.4. The summed E-state index contributed by atoms with van der Waals surface area (Å²) in [5.41, 5.74) is 4.14. The molecule has 2 aromatic rings. The molecule has 2 heterocycles. The smallest absolute Gasteiger partial charge is 0.293 e. The van der Waals surface area contributed by atoms with Gasteiger partial charge in [-0.15, -0.1) is 0 Å². The van der Waals surface area contributed by atoms with Crippen molar-refractivity contribution in [1.82, 2.24) is 4.98 Å². The van der Waals surface area contributed by atoms with Crippen LogP contribution in [0.5, 0.6) is 0 Å². The average molecular weight is 349 g/mol. The molecule has 0 amide bonds. The molecule has 0 unspecified atom stereocenters. The Balaban J connectivity index is 2.11. The third-order valence-electron chi connectivity index (χ3n) is 3.84. The molecular weight excluding hydrogens is 332 g/mol. The second-order valence-corrected chi connectivity index (χ2v) is 6.20. The maximum Gasteiger partial charge on any atom is 0.293 e. The number of pyridine rings is 1. The topological polar surface area (TPSA) is 42.4 Å². The van der Waals surface area contributed by atoms with Crippen molar-refractivity contribution >= 4 is 39.0 Å². The van der Waals surface area contributed by atoms with Gasteiger partial charge in [0.05, 0.1) is 5.52 Å². The third-order valence-corrected chi connectivity index (χ3v) is 4.57. The molecule has 110 valence electrons. The molecule has 1 aliphatic heterocycles. The molecule has 3 rings (SSSR count). The fourth-order valence-electron chi connectivity index (χ4n) is 2.85. The number of halogens is 1. The fourth-order valence-corrected chi connectivity index (χ4v) is 3.31. The molecule has 0 radical (unpaired) electrons. The third kappa shape index (κ3) is 2.88. The standard InChI is InChI=1S/C16H17BrN2O2/c1-11-6-16(19-4-2-3-5-19)13-8-14(17)12(9-21-10-20)7-15(13)18-11/h6-8,10H,2-5,9H2,1H3. The molecule has 1 aromatic heterocycles. The van der Waals surface area contributed by atoms with Gasteiger partial charge in [-0.25, -0.2) is 0 Å². The van der Waals surface area contributed by atoms with E-state index < -0.39 is 0 Å². The van der Waals surface area contributed by atoms with Crippen LogP contribution in [0, 0.1) is 6.92 Å². The van der Waals surface area contributed by atoms with Gasteiger partial charge in [-0.05, 0) is 38.0 Å². The zero-order valence-electron chi connectivity index (χ0n) is 11.9. The molecular formula is C16H17BrN2O2. The van der Waals surface area contributed by atoms with Gasteiger partial charge in [0.15, 0.2) is 0 Å². The summed E-state index contributed by atoms with van der Waals surface area (Å²) in [5, 5.41) is 1.14. The average Bonchev–Trinajstić information content (AvgIpc) is 2.99. The molecule has 0 saturated carbocycles. The number of carbonyl (C=O) groups is 1. The lowest BCUT2D eigenvalue weighted by Gasteiger charge is -2.21. The lowest BCUT2D eigenvalue weighted by atomic mass is 10.1. The van der Waals surface area contributed by atoms with Crippen molar-refractivity contribution in [3.8, 4) is 0 Å². The minimum absolute atomic E-state index is 0.259. The monoisotopic (exact) mass is 348 g/mol. The summed E-state index contributed by atoms with van der Waals surface area (Å²) in [6.45, 7) is 4.95. The predicted molar refractivity (Wildman–Crippen MR) is 86.5 cm³/mol. The van der Waals surface area contributed by atoms with E-state index in [1.165, 1.54) is 18.5 Å². The molecule has 0 atom stereocenters. The van der Waals surface area contributed by atoms with E-state index in [1.54, 1.807) is 0 Å². The van der Waals surface area contributed by atoms with Crippen LogP contribution in [0.25, 0.3) is 10.9 Å². The number of rotatable bonds is 4. The Morgan fingerprint density at radius 2 is 2.10 bits per heavy atom. The van der Waals surface area contributed by atoms with Gasteiger partial charge in [0.2, 0.25) is 0 Å². The van der Waals surface area contributed by atoms with Gasteiger partial charge in [-0.1, -0.05) is 15.9 Å². The van der Waals surface area contributed by atoms with E-state index in [2.05, 4.69) is 37.9 Å². The van der Waals surface area contributed by atoms with Crippen molar-refractivity contribution in [1.29, 1.82) is 0 Å². The summed E-state index contributed by atoms with van der Waals surface area (Å²) < 4.78 is 5.81. The second kappa shape index (κ2) is 6.02. The van der Waals surface area contributed by atoms with Gasteiger partial charge < -0.3 is 9.64 Å². The van der Waals surface area contributed by atoms with Crippen LogP contribution in [0.2, 0.25) is 0 Å². The summed E-state index contributed by atoms with van der Waals surface area (Å²) in [4.78, 5) is 17.4. The molecule has 0 aliphatic carbocycles. The lowest BCUT2D eigenvalue weighted by Crippen LogP contribution is -2.18. The maximum absolute atomic E-state index is 10.4. The van der Waals surface area contributed by atoms with E-state index in [9.17, 15) is 4.79 Å². The van der Waals surface area contributed by atoms with Gasteiger partial charge in [-0.3, -0.25) is 9.78 Å². The molecule has 4 nitrogen and oxygen atoms in total. The Hall–Kier alpha value is -1.62. The number of aryl methyl sites for hydroxylation is 1. The first-order chi connectivity index (χ1) is 10.2. The summed E-state index contributed by atoms with van der Waals surface area (Å²) in [5.74, 6) is 0. The number of ether oxygens (including phenoxy) is 1. The number of hydrogen-bond donors (Lipinski definition) is 0. The van der Waals surface area contributed by atoms with Gasteiger partial charge in [-0.2, -0.15) is 0 Å². The van der Waals surface area contributed by atoms with Crippen LogP contribution in [0.4, 0.5) is 5.69 Å². The Kier molecular flexibility index (Phi) is 4.10. The molecule has 0 bridgehead atoms. The van der Waals surface area contributed by atoms with Gasteiger partial charge in [0.25, 0.3) is 6.47 Å².